The molecule has 0 saturated carbocycles. The Labute approximate surface area is 156 Å². The third-order valence-electron chi connectivity index (χ3n) is 5.20. The first-order chi connectivity index (χ1) is 12.5. The van der Waals surface area contributed by atoms with Crippen LogP contribution >= 0.6 is 0 Å². The second-order valence-corrected chi connectivity index (χ2v) is 7.59. The van der Waals surface area contributed by atoms with Crippen LogP contribution in [0.15, 0.2) is 51.8 Å². The predicted octanol–water partition coefficient (Wildman–Crippen LogP) is 2.86. The Bertz CT molecular complexity index is 1010. The summed E-state index contributed by atoms with van der Waals surface area (Å²) in [5, 5.41) is 0. The Morgan fingerprint density at radius 2 is 1.74 bits per heavy atom. The molecule has 1 aromatic heterocycles. The largest absolute Gasteiger partial charge is 0.525 e. The van der Waals surface area contributed by atoms with Crippen molar-refractivity contribution in [2.45, 2.75) is 45.8 Å². The lowest BCUT2D eigenvalue weighted by molar-refractivity contribution is 0.00578. The van der Waals surface area contributed by atoms with Gasteiger partial charge in [0, 0.05) is 12.3 Å². The van der Waals surface area contributed by atoms with Crippen molar-refractivity contribution < 1.29 is 13.7 Å². The Morgan fingerprint density at radius 1 is 1.11 bits per heavy atom. The average Bonchev–Trinajstić information content (AvgIpc) is 2.81. The average molecular weight is 372 g/mol. The molecule has 0 unspecified atom stereocenters. The maximum absolute atomic E-state index is 15.1. The maximum Gasteiger partial charge on any atom is 0.525 e. The van der Waals surface area contributed by atoms with Gasteiger partial charge in [0.15, 0.2) is 0 Å². The summed E-state index contributed by atoms with van der Waals surface area (Å²) in [5.74, 6) is 0. The number of benzene rings is 1. The SMILES string of the molecule is CC(=C(F)B1OC(C)(C)C(C)(C)O1)c1cccc(-n2ccc(=O)[nH]c2=O)c1. The quantitative estimate of drug-likeness (QED) is 0.841. The Morgan fingerprint density at radius 3 is 2.33 bits per heavy atom. The highest BCUT2D eigenvalue weighted by Crippen LogP contribution is 2.40. The number of nitrogens with one attached hydrogen (secondary N) is 1. The van der Waals surface area contributed by atoms with Gasteiger partial charge in [0.05, 0.1) is 16.9 Å². The van der Waals surface area contributed by atoms with E-state index in [1.165, 1.54) is 16.8 Å². The minimum absolute atomic E-state index is 0.354. The molecule has 1 saturated heterocycles. The molecule has 142 valence electrons. The van der Waals surface area contributed by atoms with E-state index in [0.29, 0.717) is 16.8 Å². The van der Waals surface area contributed by atoms with E-state index in [-0.39, 0.29) is 0 Å². The van der Waals surface area contributed by atoms with Gasteiger partial charge in [0.1, 0.15) is 5.73 Å². The Hall–Kier alpha value is -2.45. The number of hydrogen-bond acceptors (Lipinski definition) is 4. The van der Waals surface area contributed by atoms with Crippen molar-refractivity contribution in [2.75, 3.05) is 0 Å². The molecule has 6 nitrogen and oxygen atoms in total. The molecular weight excluding hydrogens is 350 g/mol. The van der Waals surface area contributed by atoms with Crippen LogP contribution in [0.3, 0.4) is 0 Å². The molecule has 0 aliphatic carbocycles. The lowest BCUT2D eigenvalue weighted by atomic mass is 9.83. The summed E-state index contributed by atoms with van der Waals surface area (Å²) >= 11 is 0. The van der Waals surface area contributed by atoms with Crippen LogP contribution in [-0.4, -0.2) is 27.9 Å². The fourth-order valence-corrected chi connectivity index (χ4v) is 2.77. The molecular formula is C19H22BFN2O4. The van der Waals surface area contributed by atoms with Gasteiger partial charge in [-0.2, -0.15) is 0 Å². The molecule has 0 amide bonds. The zero-order valence-corrected chi connectivity index (χ0v) is 16.0. The van der Waals surface area contributed by atoms with E-state index in [1.54, 1.807) is 31.2 Å². The fourth-order valence-electron chi connectivity index (χ4n) is 2.77. The van der Waals surface area contributed by atoms with E-state index >= 15 is 4.39 Å². The van der Waals surface area contributed by atoms with Crippen molar-refractivity contribution in [3.63, 3.8) is 0 Å². The lowest BCUT2D eigenvalue weighted by Crippen LogP contribution is -2.41. The molecule has 1 fully saturated rings. The summed E-state index contributed by atoms with van der Waals surface area (Å²) < 4.78 is 27.9. The predicted molar refractivity (Wildman–Crippen MR) is 102 cm³/mol. The second-order valence-electron chi connectivity index (χ2n) is 7.59. The number of hydrogen-bond donors (Lipinski definition) is 1. The molecule has 0 radical (unpaired) electrons. The zero-order chi connectivity index (χ0) is 20.0. The van der Waals surface area contributed by atoms with E-state index in [0.717, 1.165) is 0 Å². The van der Waals surface area contributed by atoms with Gasteiger partial charge in [-0.05, 0) is 57.9 Å². The molecule has 0 spiro atoms. The first kappa shape index (κ1) is 19.3. The molecule has 3 rings (SSSR count). The monoisotopic (exact) mass is 372 g/mol. The Balaban J connectivity index is 1.98. The van der Waals surface area contributed by atoms with Gasteiger partial charge >= 0.3 is 12.8 Å². The van der Waals surface area contributed by atoms with Gasteiger partial charge in [-0.25, -0.2) is 9.18 Å². The van der Waals surface area contributed by atoms with Gasteiger partial charge < -0.3 is 9.31 Å². The molecule has 27 heavy (non-hydrogen) atoms. The van der Waals surface area contributed by atoms with E-state index in [9.17, 15) is 9.59 Å². The van der Waals surface area contributed by atoms with E-state index in [2.05, 4.69) is 4.98 Å². The lowest BCUT2D eigenvalue weighted by Gasteiger charge is -2.32. The van der Waals surface area contributed by atoms with Crippen LogP contribution in [0.25, 0.3) is 11.3 Å². The molecule has 2 aromatic rings. The molecule has 1 N–H and O–H groups in total. The van der Waals surface area contributed by atoms with Crippen LogP contribution in [-0.2, 0) is 9.31 Å². The number of aromatic amines is 1. The molecule has 1 aliphatic heterocycles. The van der Waals surface area contributed by atoms with Gasteiger partial charge in [-0.15, -0.1) is 0 Å². The second kappa shape index (κ2) is 6.62. The van der Waals surface area contributed by atoms with Crippen LogP contribution in [0, 0.1) is 0 Å². The fraction of sp³-hybridized carbons (Fsp3) is 0.368. The van der Waals surface area contributed by atoms with Gasteiger partial charge in [0.2, 0.25) is 0 Å². The highest BCUT2D eigenvalue weighted by molar-refractivity contribution is 6.55. The number of aromatic nitrogens is 2. The molecule has 0 atom stereocenters. The number of rotatable bonds is 3. The molecule has 1 aromatic carbocycles. The van der Waals surface area contributed by atoms with E-state index in [1.807, 2.05) is 27.7 Å². The summed E-state index contributed by atoms with van der Waals surface area (Å²) in [6.45, 7) is 9.07. The summed E-state index contributed by atoms with van der Waals surface area (Å²) in [7, 11) is -1.09. The smallest absolute Gasteiger partial charge is 0.398 e. The minimum atomic E-state index is -1.09. The minimum Gasteiger partial charge on any atom is -0.398 e. The molecule has 2 heterocycles. The van der Waals surface area contributed by atoms with Crippen molar-refractivity contribution in [1.29, 1.82) is 0 Å². The topological polar surface area (TPSA) is 73.3 Å². The van der Waals surface area contributed by atoms with Crippen molar-refractivity contribution in [1.82, 2.24) is 9.55 Å². The third kappa shape index (κ3) is 3.55. The molecule has 0 bridgehead atoms. The van der Waals surface area contributed by atoms with Crippen molar-refractivity contribution in [3.8, 4) is 5.69 Å². The standard InChI is InChI=1S/C19H22BFN2O4/c1-12(16(21)20-26-18(2,3)19(4,5)27-20)13-7-6-8-14(11-13)23-10-9-15(24)22-17(23)25/h6-11H,1-5H3,(H,22,24,25). The highest BCUT2D eigenvalue weighted by Gasteiger charge is 2.53. The summed E-state index contributed by atoms with van der Waals surface area (Å²) in [6, 6.07) is 8.06. The van der Waals surface area contributed by atoms with Crippen LogP contribution in [0.5, 0.6) is 0 Å². The van der Waals surface area contributed by atoms with E-state index in [4.69, 9.17) is 9.31 Å². The highest BCUT2D eigenvalue weighted by atomic mass is 19.1. The van der Waals surface area contributed by atoms with Crippen molar-refractivity contribution in [2.24, 2.45) is 0 Å². The summed E-state index contributed by atoms with van der Waals surface area (Å²) in [6.07, 6.45) is 1.38. The van der Waals surface area contributed by atoms with Crippen molar-refractivity contribution >= 4 is 12.7 Å². The normalized spacial score (nSPS) is 19.1. The number of halogens is 1. The zero-order valence-electron chi connectivity index (χ0n) is 16.0. The summed E-state index contributed by atoms with van der Waals surface area (Å²) in [5.41, 5.74) is -1.39. The number of nitrogens with zero attached hydrogens (tertiary/aromatic N) is 1. The van der Waals surface area contributed by atoms with Gasteiger partial charge in [-0.1, -0.05) is 12.1 Å². The Kier molecular flexibility index (Phi) is 4.73. The van der Waals surface area contributed by atoms with Gasteiger partial charge in [0.25, 0.3) is 5.56 Å². The maximum atomic E-state index is 15.1. The molecule has 8 heteroatoms. The number of allylic oxidation sites excluding steroid dienone is 1. The van der Waals surface area contributed by atoms with Crippen molar-refractivity contribution in [3.05, 3.63) is 68.7 Å². The third-order valence-corrected chi connectivity index (χ3v) is 5.20. The number of H-pyrrole nitrogens is 1. The molecule has 1 aliphatic rings. The van der Waals surface area contributed by atoms with Crippen LogP contribution in [0.1, 0.15) is 40.2 Å². The van der Waals surface area contributed by atoms with Crippen LogP contribution in [0.2, 0.25) is 0 Å². The van der Waals surface area contributed by atoms with E-state index < -0.39 is 35.3 Å². The van der Waals surface area contributed by atoms with Gasteiger partial charge in [-0.3, -0.25) is 14.3 Å². The first-order valence-corrected chi connectivity index (χ1v) is 8.66. The van der Waals surface area contributed by atoms with Crippen LogP contribution < -0.4 is 11.2 Å². The first-order valence-electron chi connectivity index (χ1n) is 8.66. The summed E-state index contributed by atoms with van der Waals surface area (Å²) in [4.78, 5) is 25.4. The van der Waals surface area contributed by atoms with Crippen LogP contribution in [0.4, 0.5) is 4.39 Å².